The van der Waals surface area contributed by atoms with Crippen LogP contribution < -0.4 is 25.4 Å². The molecular weight excluding hydrogens is 1040 g/mol. The third kappa shape index (κ3) is 10.8. The van der Waals surface area contributed by atoms with Crippen LogP contribution in [0.4, 0.5) is 10.5 Å². The lowest BCUT2D eigenvalue weighted by molar-refractivity contribution is -0.132. The van der Waals surface area contributed by atoms with Gasteiger partial charge in [-0.25, -0.2) is 14.6 Å². The fourth-order valence-corrected chi connectivity index (χ4v) is 11.0. The van der Waals surface area contributed by atoms with Crippen molar-refractivity contribution in [2.45, 2.75) is 46.6 Å². The van der Waals surface area contributed by atoms with Gasteiger partial charge in [-0.3, -0.25) is 33.2 Å². The van der Waals surface area contributed by atoms with Crippen LogP contribution in [0, 0.1) is 6.92 Å². The Bertz CT molecular complexity index is 3930. The molecule has 420 valence electrons. The van der Waals surface area contributed by atoms with Crippen LogP contribution in [0.15, 0.2) is 126 Å². The predicted octanol–water partition coefficient (Wildman–Crippen LogP) is 8.00. The number of nitrogens with zero attached hydrogens (tertiary/aromatic N) is 11. The van der Waals surface area contributed by atoms with Crippen LogP contribution >= 0.6 is 0 Å². The van der Waals surface area contributed by atoms with Gasteiger partial charge in [-0.1, -0.05) is 44.2 Å². The fraction of sp³-hybridized carbons (Fsp3) is 0.290. The lowest BCUT2D eigenvalue weighted by atomic mass is 9.98. The number of aromatic hydroxyl groups is 2. The number of hydrogen-bond donors (Lipinski definition) is 3. The Hall–Kier alpha value is -9.56. The molecule has 0 spiro atoms. The molecule has 20 heteroatoms. The molecule has 0 aliphatic carbocycles. The Labute approximate surface area is 473 Å². The number of nitrogens with one attached hydrogen (secondary N) is 1. The SMILES string of the molecule is CCNC(=O)c1nnc(-c2cc(C(C)C)c(O)cc2O)n1-c1ccc(CN2CCN(C(=O)Cc3ccc(OC(=O)N4CCN(c5ccc(-n6c(=O)n(C)c7cnc8ccc(-c9ccc(OC)nc9)cc8c76)cc5C)CC4)cc3)CC2)cc1. The molecule has 2 saturated heterocycles. The van der Waals surface area contributed by atoms with Crippen LogP contribution in [0.2, 0.25) is 0 Å². The molecule has 0 unspecified atom stereocenters. The molecule has 2 aliphatic heterocycles. The minimum absolute atomic E-state index is 0.0240. The summed E-state index contributed by atoms with van der Waals surface area (Å²) in [5, 5.41) is 33.6. The van der Waals surface area contributed by atoms with E-state index in [0.29, 0.717) is 99.4 Å². The highest BCUT2D eigenvalue weighted by Crippen LogP contribution is 2.39. The van der Waals surface area contributed by atoms with Gasteiger partial charge in [0.1, 0.15) is 17.2 Å². The van der Waals surface area contributed by atoms with Crippen molar-refractivity contribution in [1.82, 2.24) is 53.9 Å². The Morgan fingerprint density at radius 3 is 2.11 bits per heavy atom. The Kier molecular flexibility index (Phi) is 15.2. The van der Waals surface area contributed by atoms with Gasteiger partial charge in [-0.15, -0.1) is 10.2 Å². The van der Waals surface area contributed by atoms with Gasteiger partial charge in [-0.05, 0) is 114 Å². The van der Waals surface area contributed by atoms with E-state index in [0.717, 1.165) is 55.6 Å². The van der Waals surface area contributed by atoms with E-state index >= 15 is 0 Å². The molecule has 3 N–H and O–H groups in total. The predicted molar refractivity (Wildman–Crippen MR) is 312 cm³/mol. The zero-order chi connectivity index (χ0) is 57.3. The number of phenols is 2. The van der Waals surface area contributed by atoms with E-state index in [1.807, 2.05) is 111 Å². The lowest BCUT2D eigenvalue weighted by Gasteiger charge is -2.36. The van der Waals surface area contributed by atoms with Crippen LogP contribution in [0.25, 0.3) is 55.8 Å². The third-order valence-corrected chi connectivity index (χ3v) is 15.5. The monoisotopic (exact) mass is 1100 g/mol. The second-order valence-electron chi connectivity index (χ2n) is 21.1. The quantitative estimate of drug-likeness (QED) is 0.0940. The normalized spacial score (nSPS) is 14.0. The number of amides is 3. The van der Waals surface area contributed by atoms with E-state index in [9.17, 15) is 29.4 Å². The fourth-order valence-electron chi connectivity index (χ4n) is 11.0. The number of carbonyl (C=O) groups excluding carboxylic acids is 3. The van der Waals surface area contributed by atoms with Crippen LogP contribution in [0.3, 0.4) is 0 Å². The molecular formula is C62H64N12O8. The number of aromatic nitrogens is 7. The number of imidazole rings is 1. The molecule has 82 heavy (non-hydrogen) atoms. The third-order valence-electron chi connectivity index (χ3n) is 15.5. The number of phenolic OH excluding ortho intramolecular Hbond substituents is 2. The van der Waals surface area contributed by atoms with Crippen molar-refractivity contribution in [2.75, 3.05) is 70.9 Å². The second kappa shape index (κ2) is 22.9. The summed E-state index contributed by atoms with van der Waals surface area (Å²) < 4.78 is 16.1. The molecule has 9 aromatic rings. The molecule has 3 amide bonds. The zero-order valence-electron chi connectivity index (χ0n) is 46.7. The summed E-state index contributed by atoms with van der Waals surface area (Å²) in [5.74, 6) is 0.620. The largest absolute Gasteiger partial charge is 0.508 e. The number of pyridine rings is 2. The Balaban J connectivity index is 0.666. The molecule has 0 bridgehead atoms. The smallest absolute Gasteiger partial charge is 0.415 e. The molecule has 5 aromatic carbocycles. The maximum Gasteiger partial charge on any atom is 0.415 e. The van der Waals surface area contributed by atoms with Gasteiger partial charge in [0.2, 0.25) is 17.6 Å². The van der Waals surface area contributed by atoms with Crippen LogP contribution in [-0.4, -0.2) is 143 Å². The first kappa shape index (κ1) is 54.4. The molecule has 4 aromatic heterocycles. The van der Waals surface area contributed by atoms with Gasteiger partial charge in [0.15, 0.2) is 5.82 Å². The van der Waals surface area contributed by atoms with Crippen LogP contribution in [-0.2, 0) is 24.8 Å². The average Bonchev–Trinajstić information content (AvgIpc) is 4.04. The van der Waals surface area contributed by atoms with Crippen molar-refractivity contribution < 1.29 is 34.1 Å². The van der Waals surface area contributed by atoms with Crippen molar-refractivity contribution in [3.63, 3.8) is 0 Å². The van der Waals surface area contributed by atoms with Gasteiger partial charge in [-0.2, -0.15) is 0 Å². The molecule has 11 rings (SSSR count). The van der Waals surface area contributed by atoms with Crippen molar-refractivity contribution >= 4 is 45.5 Å². The topological polar surface area (TPSA) is 219 Å². The number of hydrogen-bond acceptors (Lipinski definition) is 14. The standard InChI is InChI=1S/C62H64N12O8/c1-7-63-60(78)59-67-66-58(49-33-47(38(2)3)53(75)34-54(49)76)74(59)44-14-8-41(9-15-44)37-69-22-24-71(25-23-69)56(77)31-40-10-17-46(18-11-40)82-62(80)72-28-26-70(27-29-72)51-20-16-45(30-39(51)4)73-57-48-32-42(43-13-21-55(81-6)65-35-43)12-19-50(48)64-36-52(57)68(5)61(73)79/h8-21,30,32-36,38,75-76H,7,22-29,31,37H2,1-6H3,(H,63,78). The maximum absolute atomic E-state index is 13.9. The van der Waals surface area contributed by atoms with Crippen molar-refractivity contribution in [3.8, 4) is 57.0 Å². The number of aryl methyl sites for hydroxylation is 2. The first-order valence-electron chi connectivity index (χ1n) is 27.5. The molecule has 2 fully saturated rings. The number of ether oxygens (including phenoxy) is 2. The number of carbonyl (C=O) groups is 3. The number of methoxy groups -OCH3 is 1. The number of piperazine rings is 2. The summed E-state index contributed by atoms with van der Waals surface area (Å²) in [6.45, 7) is 13.4. The minimum Gasteiger partial charge on any atom is -0.508 e. The van der Waals surface area contributed by atoms with Gasteiger partial charge in [0.05, 0.1) is 47.5 Å². The molecule has 0 radical (unpaired) electrons. The summed E-state index contributed by atoms with van der Waals surface area (Å²) >= 11 is 0. The highest BCUT2D eigenvalue weighted by molar-refractivity contribution is 6.04. The highest BCUT2D eigenvalue weighted by Gasteiger charge is 2.28. The Morgan fingerprint density at radius 2 is 1.43 bits per heavy atom. The van der Waals surface area contributed by atoms with E-state index < -0.39 is 12.0 Å². The van der Waals surface area contributed by atoms with Crippen molar-refractivity contribution in [2.24, 2.45) is 7.05 Å². The van der Waals surface area contributed by atoms with E-state index in [4.69, 9.17) is 14.5 Å². The van der Waals surface area contributed by atoms with Crippen molar-refractivity contribution in [1.29, 1.82) is 0 Å². The summed E-state index contributed by atoms with van der Waals surface area (Å²) in [6, 6.07) is 33.6. The highest BCUT2D eigenvalue weighted by atomic mass is 16.6. The molecule has 20 nitrogen and oxygen atoms in total. The van der Waals surface area contributed by atoms with Gasteiger partial charge in [0, 0.05) is 113 Å². The van der Waals surface area contributed by atoms with E-state index in [1.54, 1.807) is 63.4 Å². The number of rotatable bonds is 14. The van der Waals surface area contributed by atoms with Gasteiger partial charge in [0.25, 0.3) is 5.91 Å². The van der Waals surface area contributed by atoms with Crippen LogP contribution in [0.5, 0.6) is 23.1 Å². The lowest BCUT2D eigenvalue weighted by Crippen LogP contribution is -2.49. The van der Waals surface area contributed by atoms with Gasteiger partial charge < -0.3 is 39.7 Å². The van der Waals surface area contributed by atoms with E-state index in [-0.39, 0.29) is 47.1 Å². The average molecular weight is 1110 g/mol. The number of fused-ring (bicyclic) bond motifs is 3. The van der Waals surface area contributed by atoms with E-state index in [2.05, 4.69) is 36.4 Å². The Morgan fingerprint density at radius 1 is 0.720 bits per heavy atom. The summed E-state index contributed by atoms with van der Waals surface area (Å²) in [7, 11) is 3.34. The van der Waals surface area contributed by atoms with Gasteiger partial charge >= 0.3 is 11.8 Å². The zero-order valence-corrected chi connectivity index (χ0v) is 46.7. The van der Waals surface area contributed by atoms with E-state index in [1.165, 1.54) is 6.07 Å². The molecule has 6 heterocycles. The first-order chi connectivity index (χ1) is 39.7. The number of anilines is 1. The number of benzene rings is 5. The summed E-state index contributed by atoms with van der Waals surface area (Å²) in [6.07, 6.45) is 3.30. The molecule has 0 atom stereocenters. The van der Waals surface area contributed by atoms with Crippen LogP contribution in [0.1, 0.15) is 59.6 Å². The maximum atomic E-state index is 13.9. The summed E-state index contributed by atoms with van der Waals surface area (Å²) in [5.41, 5.74) is 10.1. The second-order valence-corrected chi connectivity index (χ2v) is 21.1. The molecule has 2 aliphatic rings. The minimum atomic E-state index is -0.435. The van der Waals surface area contributed by atoms with Crippen molar-refractivity contribution in [3.05, 3.63) is 160 Å². The first-order valence-corrected chi connectivity index (χ1v) is 27.5. The summed E-state index contributed by atoms with van der Waals surface area (Å²) in [4.78, 5) is 71.2. The molecule has 0 saturated carbocycles.